The lowest BCUT2D eigenvalue weighted by atomic mass is 10.1. The summed E-state index contributed by atoms with van der Waals surface area (Å²) in [7, 11) is 0. The van der Waals surface area contributed by atoms with Crippen LogP contribution in [-0.4, -0.2) is 23.6 Å². The van der Waals surface area contributed by atoms with Gasteiger partial charge in [0.05, 0.1) is 6.61 Å². The molecule has 1 rings (SSSR count). The highest BCUT2D eigenvalue weighted by Crippen LogP contribution is 2.15. The monoisotopic (exact) mass is 334 g/mol. The summed E-state index contributed by atoms with van der Waals surface area (Å²) in [4.78, 5) is 11.6. The summed E-state index contributed by atoms with van der Waals surface area (Å²) in [6, 6.07) is 7.02. The summed E-state index contributed by atoms with van der Waals surface area (Å²) in [5.74, 6) is 0.532. The van der Waals surface area contributed by atoms with Crippen molar-refractivity contribution in [2.75, 3.05) is 6.61 Å². The lowest BCUT2D eigenvalue weighted by Crippen LogP contribution is -2.15. The van der Waals surface area contributed by atoms with Gasteiger partial charge in [-0.05, 0) is 37.6 Å². The molecule has 0 aliphatic heterocycles. The zero-order chi connectivity index (χ0) is 17.6. The fraction of sp³-hybridized carbons (Fsp3) is 0.667. The number of aliphatic hydroxyl groups excluding tert-OH is 1. The van der Waals surface area contributed by atoms with E-state index in [0.29, 0.717) is 5.56 Å². The second kappa shape index (κ2) is 13.0. The molecule has 3 heteroatoms. The summed E-state index contributed by atoms with van der Waals surface area (Å²) < 4.78 is 5.70. The Bertz CT molecular complexity index is 437. The first-order valence-corrected chi connectivity index (χ1v) is 9.60. The maximum Gasteiger partial charge on any atom is 0.190 e. The van der Waals surface area contributed by atoms with Gasteiger partial charge in [-0.25, -0.2) is 0 Å². The van der Waals surface area contributed by atoms with Crippen LogP contribution in [0.25, 0.3) is 0 Å². The van der Waals surface area contributed by atoms with Gasteiger partial charge in [-0.3, -0.25) is 4.79 Å². The standard InChI is InChI=1S/C21H34O3/c1-3-4-5-6-7-8-9-10-11-12-17-24-20-15-13-19(14-16-20)21(23)18(2)22/h13-16,18,22H,3-12,17H2,1-2H3. The van der Waals surface area contributed by atoms with Crippen LogP contribution < -0.4 is 4.74 Å². The third kappa shape index (κ3) is 9.07. The summed E-state index contributed by atoms with van der Waals surface area (Å²) in [5.41, 5.74) is 0.524. The summed E-state index contributed by atoms with van der Waals surface area (Å²) in [5, 5.41) is 9.28. The molecular weight excluding hydrogens is 300 g/mol. The molecule has 0 heterocycles. The SMILES string of the molecule is CCCCCCCCCCCCOc1ccc(C(=O)C(C)O)cc1. The molecule has 1 aromatic rings. The third-order valence-corrected chi connectivity index (χ3v) is 4.28. The van der Waals surface area contributed by atoms with E-state index in [0.717, 1.165) is 18.8 Å². The zero-order valence-corrected chi connectivity index (χ0v) is 15.4. The van der Waals surface area contributed by atoms with Gasteiger partial charge in [0, 0.05) is 5.56 Å². The van der Waals surface area contributed by atoms with E-state index in [1.807, 2.05) is 0 Å². The quantitative estimate of drug-likeness (QED) is 0.358. The Morgan fingerprint density at radius 3 is 1.92 bits per heavy atom. The van der Waals surface area contributed by atoms with E-state index < -0.39 is 6.10 Å². The van der Waals surface area contributed by atoms with Gasteiger partial charge >= 0.3 is 0 Å². The van der Waals surface area contributed by atoms with Crippen molar-refractivity contribution in [3.05, 3.63) is 29.8 Å². The van der Waals surface area contributed by atoms with Gasteiger partial charge in [-0.2, -0.15) is 0 Å². The van der Waals surface area contributed by atoms with Crippen LogP contribution >= 0.6 is 0 Å². The number of benzene rings is 1. The van der Waals surface area contributed by atoms with E-state index in [4.69, 9.17) is 4.74 Å². The number of hydrogen-bond donors (Lipinski definition) is 1. The van der Waals surface area contributed by atoms with Crippen molar-refractivity contribution in [2.24, 2.45) is 0 Å². The molecule has 1 aromatic carbocycles. The predicted molar refractivity (Wildman–Crippen MR) is 99.8 cm³/mol. The number of carbonyl (C=O) groups excluding carboxylic acids is 1. The van der Waals surface area contributed by atoms with Crippen LogP contribution in [0.2, 0.25) is 0 Å². The highest BCUT2D eigenvalue weighted by Gasteiger charge is 2.11. The molecule has 0 spiro atoms. The molecule has 3 nitrogen and oxygen atoms in total. The summed E-state index contributed by atoms with van der Waals surface area (Å²) in [6.07, 6.45) is 12.2. The summed E-state index contributed by atoms with van der Waals surface area (Å²) in [6.45, 7) is 4.46. The maximum absolute atomic E-state index is 11.6. The van der Waals surface area contributed by atoms with E-state index >= 15 is 0 Å². The van der Waals surface area contributed by atoms with Gasteiger partial charge in [0.25, 0.3) is 0 Å². The molecule has 136 valence electrons. The molecule has 0 saturated heterocycles. The molecule has 0 amide bonds. The Hall–Kier alpha value is -1.35. The number of ether oxygens (including phenoxy) is 1. The lowest BCUT2D eigenvalue weighted by Gasteiger charge is -2.08. The predicted octanol–water partition coefficient (Wildman–Crippen LogP) is 5.55. The molecule has 0 saturated carbocycles. The van der Waals surface area contributed by atoms with Crippen LogP contribution in [0.15, 0.2) is 24.3 Å². The van der Waals surface area contributed by atoms with Crippen LogP contribution in [-0.2, 0) is 0 Å². The molecule has 24 heavy (non-hydrogen) atoms. The molecule has 0 aliphatic rings. The largest absolute Gasteiger partial charge is 0.494 e. The topological polar surface area (TPSA) is 46.5 Å². The first kappa shape index (κ1) is 20.7. The Morgan fingerprint density at radius 1 is 0.917 bits per heavy atom. The Labute approximate surface area is 147 Å². The molecule has 1 N–H and O–H groups in total. The molecular formula is C21H34O3. The van der Waals surface area contributed by atoms with Crippen LogP contribution in [0.4, 0.5) is 0 Å². The summed E-state index contributed by atoms with van der Waals surface area (Å²) >= 11 is 0. The van der Waals surface area contributed by atoms with Crippen molar-refractivity contribution in [2.45, 2.75) is 84.2 Å². The Balaban J connectivity index is 2.02. The van der Waals surface area contributed by atoms with Gasteiger partial charge in [-0.1, -0.05) is 64.7 Å². The minimum atomic E-state index is -0.955. The van der Waals surface area contributed by atoms with Crippen molar-refractivity contribution < 1.29 is 14.6 Å². The van der Waals surface area contributed by atoms with Crippen LogP contribution in [0.1, 0.15) is 88.4 Å². The van der Waals surface area contributed by atoms with Gasteiger partial charge in [0.1, 0.15) is 11.9 Å². The minimum Gasteiger partial charge on any atom is -0.494 e. The van der Waals surface area contributed by atoms with E-state index in [1.165, 1.54) is 64.7 Å². The number of carbonyl (C=O) groups is 1. The Kier molecular flexibility index (Phi) is 11.2. The normalized spacial score (nSPS) is 12.1. The van der Waals surface area contributed by atoms with Crippen molar-refractivity contribution >= 4 is 5.78 Å². The van der Waals surface area contributed by atoms with Crippen LogP contribution in [0.5, 0.6) is 5.75 Å². The van der Waals surface area contributed by atoms with Gasteiger partial charge in [0.2, 0.25) is 0 Å². The number of aliphatic hydroxyl groups is 1. The molecule has 0 radical (unpaired) electrons. The van der Waals surface area contributed by atoms with Crippen molar-refractivity contribution in [3.8, 4) is 5.75 Å². The van der Waals surface area contributed by atoms with Crippen molar-refractivity contribution in [3.63, 3.8) is 0 Å². The number of unbranched alkanes of at least 4 members (excludes halogenated alkanes) is 9. The number of rotatable bonds is 14. The second-order valence-corrected chi connectivity index (χ2v) is 6.60. The van der Waals surface area contributed by atoms with E-state index in [-0.39, 0.29) is 5.78 Å². The van der Waals surface area contributed by atoms with E-state index in [1.54, 1.807) is 24.3 Å². The number of hydrogen-bond acceptors (Lipinski definition) is 3. The van der Waals surface area contributed by atoms with E-state index in [9.17, 15) is 9.90 Å². The van der Waals surface area contributed by atoms with Gasteiger partial charge in [-0.15, -0.1) is 0 Å². The van der Waals surface area contributed by atoms with Crippen molar-refractivity contribution in [1.82, 2.24) is 0 Å². The van der Waals surface area contributed by atoms with Crippen LogP contribution in [0.3, 0.4) is 0 Å². The molecule has 0 bridgehead atoms. The average molecular weight is 334 g/mol. The van der Waals surface area contributed by atoms with Crippen molar-refractivity contribution in [1.29, 1.82) is 0 Å². The highest BCUT2D eigenvalue weighted by atomic mass is 16.5. The first-order valence-electron chi connectivity index (χ1n) is 9.60. The van der Waals surface area contributed by atoms with Gasteiger partial charge in [0.15, 0.2) is 5.78 Å². The molecule has 1 atom stereocenters. The van der Waals surface area contributed by atoms with Gasteiger partial charge < -0.3 is 9.84 Å². The average Bonchev–Trinajstić information content (AvgIpc) is 2.59. The number of Topliss-reactive ketones (excluding diaryl/α,β-unsaturated/α-hetero) is 1. The fourth-order valence-corrected chi connectivity index (χ4v) is 2.74. The maximum atomic E-state index is 11.6. The number of ketones is 1. The molecule has 0 fully saturated rings. The Morgan fingerprint density at radius 2 is 1.42 bits per heavy atom. The highest BCUT2D eigenvalue weighted by molar-refractivity contribution is 5.99. The molecule has 0 aliphatic carbocycles. The smallest absolute Gasteiger partial charge is 0.190 e. The minimum absolute atomic E-state index is 0.253. The fourth-order valence-electron chi connectivity index (χ4n) is 2.74. The molecule has 0 aromatic heterocycles. The zero-order valence-electron chi connectivity index (χ0n) is 15.4. The first-order chi connectivity index (χ1) is 11.6. The third-order valence-electron chi connectivity index (χ3n) is 4.28. The lowest BCUT2D eigenvalue weighted by molar-refractivity contribution is 0.0779. The van der Waals surface area contributed by atoms with Crippen LogP contribution in [0, 0.1) is 0 Å². The second-order valence-electron chi connectivity index (χ2n) is 6.60. The van der Waals surface area contributed by atoms with E-state index in [2.05, 4.69) is 6.92 Å². The molecule has 1 unspecified atom stereocenters.